The van der Waals surface area contributed by atoms with Gasteiger partial charge in [-0.25, -0.2) is 0 Å². The first-order valence-corrected chi connectivity index (χ1v) is 4.89. The molecule has 6 nitrogen and oxygen atoms in total. The summed E-state index contributed by atoms with van der Waals surface area (Å²) in [6.07, 6.45) is 0. The molecular formula is C11H13N3O3. The molecule has 0 aliphatic heterocycles. The predicted molar refractivity (Wildman–Crippen MR) is 60.7 cm³/mol. The van der Waals surface area contributed by atoms with Crippen molar-refractivity contribution in [3.63, 3.8) is 0 Å². The van der Waals surface area contributed by atoms with Crippen LogP contribution >= 0.6 is 0 Å². The molecule has 17 heavy (non-hydrogen) atoms. The van der Waals surface area contributed by atoms with Crippen LogP contribution in [0, 0.1) is 13.8 Å². The minimum absolute atomic E-state index is 0.387. The van der Waals surface area contributed by atoms with Crippen LogP contribution in [-0.2, 0) is 9.59 Å². The zero-order valence-electron chi connectivity index (χ0n) is 9.53. The summed E-state index contributed by atoms with van der Waals surface area (Å²) in [6.45, 7) is 3.79. The van der Waals surface area contributed by atoms with Crippen LogP contribution in [0.2, 0.25) is 0 Å². The van der Waals surface area contributed by atoms with Crippen molar-refractivity contribution in [2.75, 3.05) is 0 Å². The number of amides is 3. The number of carbonyl (C=O) groups is 3. The van der Waals surface area contributed by atoms with Crippen molar-refractivity contribution in [3.8, 4) is 0 Å². The summed E-state index contributed by atoms with van der Waals surface area (Å²) >= 11 is 0. The number of hydrazine groups is 1. The largest absolute Gasteiger partial charge is 0.361 e. The summed E-state index contributed by atoms with van der Waals surface area (Å²) in [4.78, 5) is 32.8. The van der Waals surface area contributed by atoms with E-state index in [0.717, 1.165) is 11.1 Å². The van der Waals surface area contributed by atoms with E-state index in [1.807, 2.05) is 19.3 Å². The van der Waals surface area contributed by atoms with Crippen molar-refractivity contribution in [2.24, 2.45) is 5.73 Å². The molecule has 0 aromatic heterocycles. The number of primary amides is 1. The fourth-order valence-corrected chi connectivity index (χ4v) is 1.13. The van der Waals surface area contributed by atoms with Crippen molar-refractivity contribution in [1.29, 1.82) is 0 Å². The monoisotopic (exact) mass is 235 g/mol. The summed E-state index contributed by atoms with van der Waals surface area (Å²) < 4.78 is 0. The molecule has 0 atom stereocenters. The quantitative estimate of drug-likeness (QED) is 0.454. The lowest BCUT2D eigenvalue weighted by atomic mass is 10.1. The van der Waals surface area contributed by atoms with Crippen LogP contribution in [0.1, 0.15) is 21.5 Å². The highest BCUT2D eigenvalue weighted by Crippen LogP contribution is 2.09. The number of hydrogen-bond donors (Lipinski definition) is 3. The second-order valence-corrected chi connectivity index (χ2v) is 3.57. The van der Waals surface area contributed by atoms with Crippen molar-refractivity contribution < 1.29 is 14.4 Å². The lowest BCUT2D eigenvalue weighted by Crippen LogP contribution is -2.47. The van der Waals surface area contributed by atoms with Gasteiger partial charge in [0.2, 0.25) is 0 Å². The number of benzene rings is 1. The normalized spacial score (nSPS) is 9.53. The Labute approximate surface area is 98.2 Å². The van der Waals surface area contributed by atoms with Crippen LogP contribution in [0.25, 0.3) is 0 Å². The Hall–Kier alpha value is -2.37. The minimum Gasteiger partial charge on any atom is -0.361 e. The first kappa shape index (κ1) is 12.7. The molecule has 0 aliphatic carbocycles. The lowest BCUT2D eigenvalue weighted by Gasteiger charge is -2.07. The second-order valence-electron chi connectivity index (χ2n) is 3.57. The summed E-state index contributed by atoms with van der Waals surface area (Å²) in [5, 5.41) is 0. The second kappa shape index (κ2) is 5.11. The zero-order valence-corrected chi connectivity index (χ0v) is 9.53. The van der Waals surface area contributed by atoms with E-state index in [0.29, 0.717) is 5.56 Å². The molecule has 1 rings (SSSR count). The number of aryl methyl sites for hydroxylation is 2. The third kappa shape index (κ3) is 3.30. The Balaban J connectivity index is 2.67. The molecule has 4 N–H and O–H groups in total. The Kier molecular flexibility index (Phi) is 3.82. The standard InChI is InChI=1S/C11H13N3O3/c1-6-3-4-8(5-7(6)2)10(16)13-14-11(17)9(12)15/h3-5H,1-2H3,(H2,12,15)(H,13,16)(H,14,17). The molecule has 0 saturated heterocycles. The molecule has 1 aromatic carbocycles. The van der Waals surface area contributed by atoms with Crippen LogP contribution in [0.5, 0.6) is 0 Å². The fraction of sp³-hybridized carbons (Fsp3) is 0.182. The molecule has 0 radical (unpaired) electrons. The van der Waals surface area contributed by atoms with Crippen molar-refractivity contribution >= 4 is 17.7 Å². The molecule has 90 valence electrons. The Bertz CT molecular complexity index is 483. The maximum absolute atomic E-state index is 11.6. The summed E-state index contributed by atoms with van der Waals surface area (Å²) in [5.74, 6) is -2.74. The molecule has 0 spiro atoms. The molecule has 0 unspecified atom stereocenters. The van der Waals surface area contributed by atoms with E-state index in [2.05, 4.69) is 5.43 Å². The van der Waals surface area contributed by atoms with Gasteiger partial charge in [-0.05, 0) is 37.1 Å². The van der Waals surface area contributed by atoms with E-state index in [9.17, 15) is 14.4 Å². The van der Waals surface area contributed by atoms with Gasteiger partial charge >= 0.3 is 11.8 Å². The van der Waals surface area contributed by atoms with Gasteiger partial charge in [0.1, 0.15) is 0 Å². The number of nitrogens with one attached hydrogen (secondary N) is 2. The van der Waals surface area contributed by atoms with Gasteiger partial charge in [0.25, 0.3) is 5.91 Å². The molecule has 0 heterocycles. The van der Waals surface area contributed by atoms with Gasteiger partial charge in [-0.3, -0.25) is 25.2 Å². The summed E-state index contributed by atoms with van der Waals surface area (Å²) in [6, 6.07) is 5.09. The lowest BCUT2D eigenvalue weighted by molar-refractivity contribution is -0.137. The van der Waals surface area contributed by atoms with E-state index in [1.165, 1.54) is 0 Å². The number of rotatable bonds is 1. The number of hydrogen-bond acceptors (Lipinski definition) is 3. The van der Waals surface area contributed by atoms with Crippen LogP contribution in [0.4, 0.5) is 0 Å². The van der Waals surface area contributed by atoms with Crippen LogP contribution in [0.15, 0.2) is 18.2 Å². The SMILES string of the molecule is Cc1ccc(C(=O)NNC(=O)C(N)=O)cc1C. The summed E-state index contributed by atoms with van der Waals surface area (Å²) in [7, 11) is 0. The van der Waals surface area contributed by atoms with Gasteiger partial charge < -0.3 is 5.73 Å². The molecule has 1 aromatic rings. The summed E-state index contributed by atoms with van der Waals surface area (Å²) in [5.41, 5.74) is 11.1. The van der Waals surface area contributed by atoms with E-state index in [1.54, 1.807) is 18.2 Å². The van der Waals surface area contributed by atoms with E-state index in [4.69, 9.17) is 5.73 Å². The smallest absolute Gasteiger partial charge is 0.327 e. The maximum Gasteiger partial charge on any atom is 0.327 e. The Morgan fingerprint density at radius 2 is 1.71 bits per heavy atom. The Morgan fingerprint density at radius 3 is 2.24 bits per heavy atom. The fourth-order valence-electron chi connectivity index (χ4n) is 1.13. The van der Waals surface area contributed by atoms with Crippen molar-refractivity contribution in [1.82, 2.24) is 10.9 Å². The van der Waals surface area contributed by atoms with Gasteiger partial charge in [0.15, 0.2) is 0 Å². The van der Waals surface area contributed by atoms with Gasteiger partial charge in [-0.1, -0.05) is 6.07 Å². The molecule has 6 heteroatoms. The number of nitrogens with two attached hydrogens (primary N) is 1. The highest BCUT2D eigenvalue weighted by Gasteiger charge is 2.11. The minimum atomic E-state index is -1.16. The van der Waals surface area contributed by atoms with Gasteiger partial charge in [0.05, 0.1) is 0 Å². The van der Waals surface area contributed by atoms with Crippen molar-refractivity contribution in [3.05, 3.63) is 34.9 Å². The first-order chi connectivity index (χ1) is 7.91. The molecule has 3 amide bonds. The van der Waals surface area contributed by atoms with Gasteiger partial charge in [-0.15, -0.1) is 0 Å². The topological polar surface area (TPSA) is 101 Å². The Morgan fingerprint density at radius 1 is 1.06 bits per heavy atom. The molecule has 0 bridgehead atoms. The highest BCUT2D eigenvalue weighted by molar-refractivity contribution is 6.34. The van der Waals surface area contributed by atoms with E-state index in [-0.39, 0.29) is 0 Å². The van der Waals surface area contributed by atoms with Crippen LogP contribution in [0.3, 0.4) is 0 Å². The van der Waals surface area contributed by atoms with Crippen molar-refractivity contribution in [2.45, 2.75) is 13.8 Å². The first-order valence-electron chi connectivity index (χ1n) is 4.89. The van der Waals surface area contributed by atoms with Crippen LogP contribution < -0.4 is 16.6 Å². The third-order valence-corrected chi connectivity index (χ3v) is 2.28. The molecule has 0 aliphatic rings. The molecule has 0 fully saturated rings. The average Bonchev–Trinajstić information content (AvgIpc) is 2.28. The number of carbonyl (C=O) groups excluding carboxylic acids is 3. The predicted octanol–water partition coefficient (Wildman–Crippen LogP) is -0.450. The highest BCUT2D eigenvalue weighted by atomic mass is 16.2. The van der Waals surface area contributed by atoms with Gasteiger partial charge in [-0.2, -0.15) is 0 Å². The maximum atomic E-state index is 11.6. The zero-order chi connectivity index (χ0) is 13.0. The van der Waals surface area contributed by atoms with E-state index < -0.39 is 17.7 Å². The molecular weight excluding hydrogens is 222 g/mol. The van der Waals surface area contributed by atoms with E-state index >= 15 is 0 Å². The third-order valence-electron chi connectivity index (χ3n) is 2.28. The van der Waals surface area contributed by atoms with Crippen LogP contribution in [-0.4, -0.2) is 17.7 Å². The van der Waals surface area contributed by atoms with Gasteiger partial charge in [0, 0.05) is 5.56 Å². The average molecular weight is 235 g/mol. The molecule has 0 saturated carbocycles.